The van der Waals surface area contributed by atoms with Crippen LogP contribution in [0.5, 0.6) is 0 Å². The molecule has 3 amide bonds. The van der Waals surface area contributed by atoms with Gasteiger partial charge in [0.15, 0.2) is 0 Å². The van der Waals surface area contributed by atoms with Crippen molar-refractivity contribution in [1.82, 2.24) is 10.6 Å². The Labute approximate surface area is 161 Å². The Morgan fingerprint density at radius 3 is 2.67 bits per heavy atom. The summed E-state index contributed by atoms with van der Waals surface area (Å²) in [6.45, 7) is 2.21. The van der Waals surface area contributed by atoms with Crippen LogP contribution in [-0.4, -0.2) is 29.5 Å². The molecule has 2 N–H and O–H groups in total. The summed E-state index contributed by atoms with van der Waals surface area (Å²) in [7, 11) is 1.52. The monoisotopic (exact) mass is 384 g/mol. The van der Waals surface area contributed by atoms with Gasteiger partial charge in [0.05, 0.1) is 5.25 Å². The van der Waals surface area contributed by atoms with Crippen molar-refractivity contribution >= 4 is 29.0 Å². The lowest BCUT2D eigenvalue weighted by atomic mass is 9.96. The first kappa shape index (κ1) is 19.0. The maximum atomic E-state index is 11.7. The molecule has 0 bridgehead atoms. The molecule has 6 nitrogen and oxygen atoms in total. The maximum Gasteiger partial charge on any atom is 0.407 e. The van der Waals surface area contributed by atoms with E-state index in [0.717, 1.165) is 39.6 Å². The number of amides is 3. The van der Waals surface area contributed by atoms with Crippen LogP contribution in [0.4, 0.5) is 9.59 Å². The van der Waals surface area contributed by atoms with Crippen LogP contribution in [0.3, 0.4) is 0 Å². The van der Waals surface area contributed by atoms with Gasteiger partial charge in [-0.15, -0.1) is 0 Å². The third-order valence-electron chi connectivity index (χ3n) is 4.29. The Hall–Kier alpha value is -2.80. The minimum absolute atomic E-state index is 0.201. The zero-order chi connectivity index (χ0) is 19.4. The van der Waals surface area contributed by atoms with Crippen LogP contribution in [0.25, 0.3) is 11.1 Å². The van der Waals surface area contributed by atoms with E-state index in [-0.39, 0.29) is 23.0 Å². The lowest BCUT2D eigenvalue weighted by Crippen LogP contribution is -2.25. The lowest BCUT2D eigenvalue weighted by molar-refractivity contribution is -0.118. The molecule has 2 aromatic carbocycles. The second-order valence-electron chi connectivity index (χ2n) is 6.26. The summed E-state index contributed by atoms with van der Waals surface area (Å²) < 4.78 is 5.09. The summed E-state index contributed by atoms with van der Waals surface area (Å²) >= 11 is 1.04. The fourth-order valence-electron chi connectivity index (χ4n) is 2.97. The van der Waals surface area contributed by atoms with Gasteiger partial charge >= 0.3 is 6.09 Å². The average Bonchev–Trinajstić information content (AvgIpc) is 2.97. The molecule has 140 valence electrons. The van der Waals surface area contributed by atoms with Crippen LogP contribution in [0.15, 0.2) is 42.5 Å². The molecule has 1 aliphatic rings. The van der Waals surface area contributed by atoms with E-state index in [9.17, 15) is 14.4 Å². The molecular formula is C20H20N2O4S. The number of alkyl carbamates (subject to hydrolysis) is 1. The average molecular weight is 384 g/mol. The van der Waals surface area contributed by atoms with Gasteiger partial charge in [-0.25, -0.2) is 4.79 Å². The molecule has 7 heteroatoms. The van der Waals surface area contributed by atoms with Crippen LogP contribution in [0.1, 0.15) is 16.7 Å². The number of imide groups is 1. The lowest BCUT2D eigenvalue weighted by Gasteiger charge is -2.12. The SMILES string of the molecule is CNC(=O)OCc1cccc(-c2ccc(CC3SC(=O)NC3=O)cc2C)c1. The number of aryl methyl sites for hydroxylation is 1. The molecule has 0 aliphatic carbocycles. The molecule has 1 unspecified atom stereocenters. The molecule has 0 radical (unpaired) electrons. The number of rotatable bonds is 5. The van der Waals surface area contributed by atoms with E-state index in [2.05, 4.69) is 10.6 Å². The highest BCUT2D eigenvalue weighted by atomic mass is 32.2. The summed E-state index contributed by atoms with van der Waals surface area (Å²) in [5.41, 5.74) is 5.08. The summed E-state index contributed by atoms with van der Waals surface area (Å²) in [6, 6.07) is 13.9. The van der Waals surface area contributed by atoms with Crippen molar-refractivity contribution < 1.29 is 19.1 Å². The third-order valence-corrected chi connectivity index (χ3v) is 5.27. The number of thioether (sulfide) groups is 1. The third kappa shape index (κ3) is 4.68. The summed E-state index contributed by atoms with van der Waals surface area (Å²) in [6.07, 6.45) is 0.0526. The minimum atomic E-state index is -0.465. The van der Waals surface area contributed by atoms with Gasteiger partial charge < -0.3 is 10.1 Å². The molecule has 0 saturated carbocycles. The summed E-state index contributed by atoms with van der Waals surface area (Å²) in [5, 5.41) is 4.08. The number of ether oxygens (including phenoxy) is 1. The Morgan fingerprint density at radius 2 is 2.00 bits per heavy atom. The van der Waals surface area contributed by atoms with Crippen LogP contribution in [0, 0.1) is 6.92 Å². The van der Waals surface area contributed by atoms with Crippen molar-refractivity contribution in [1.29, 1.82) is 0 Å². The molecule has 1 fully saturated rings. The van der Waals surface area contributed by atoms with Gasteiger partial charge in [0.1, 0.15) is 6.61 Å². The van der Waals surface area contributed by atoms with Gasteiger partial charge in [-0.1, -0.05) is 48.2 Å². The molecule has 0 aromatic heterocycles. The fourth-order valence-corrected chi connectivity index (χ4v) is 3.83. The van der Waals surface area contributed by atoms with Gasteiger partial charge in [0.2, 0.25) is 5.91 Å². The Balaban J connectivity index is 1.75. The van der Waals surface area contributed by atoms with Crippen molar-refractivity contribution in [3.63, 3.8) is 0 Å². The number of hydrogen-bond donors (Lipinski definition) is 2. The molecule has 2 aromatic rings. The van der Waals surface area contributed by atoms with E-state index in [1.807, 2.05) is 49.4 Å². The van der Waals surface area contributed by atoms with E-state index in [1.54, 1.807) is 0 Å². The number of carbonyl (C=O) groups is 3. The van der Waals surface area contributed by atoms with Gasteiger partial charge in [-0.05, 0) is 47.2 Å². The van der Waals surface area contributed by atoms with Crippen molar-refractivity contribution in [2.45, 2.75) is 25.2 Å². The second-order valence-corrected chi connectivity index (χ2v) is 7.44. The van der Waals surface area contributed by atoms with E-state index >= 15 is 0 Å². The van der Waals surface area contributed by atoms with Gasteiger partial charge in [0.25, 0.3) is 5.24 Å². The highest BCUT2D eigenvalue weighted by molar-refractivity contribution is 8.15. The van der Waals surface area contributed by atoms with Crippen molar-refractivity contribution in [3.05, 3.63) is 59.2 Å². The maximum absolute atomic E-state index is 11.7. The second kappa shape index (κ2) is 8.26. The predicted octanol–water partition coefficient (Wildman–Crippen LogP) is 3.41. The molecule has 1 atom stereocenters. The zero-order valence-electron chi connectivity index (χ0n) is 15.1. The van der Waals surface area contributed by atoms with Gasteiger partial charge in [0, 0.05) is 7.05 Å². The number of carbonyl (C=O) groups excluding carboxylic acids is 3. The van der Waals surface area contributed by atoms with E-state index in [0.29, 0.717) is 6.42 Å². The molecule has 27 heavy (non-hydrogen) atoms. The van der Waals surface area contributed by atoms with Crippen LogP contribution >= 0.6 is 11.8 Å². The molecule has 3 rings (SSSR count). The zero-order valence-corrected chi connectivity index (χ0v) is 15.9. The number of nitrogens with one attached hydrogen (secondary N) is 2. The summed E-state index contributed by atoms with van der Waals surface area (Å²) in [4.78, 5) is 34.3. The molecule has 1 aliphatic heterocycles. The first-order valence-electron chi connectivity index (χ1n) is 8.51. The van der Waals surface area contributed by atoms with Crippen molar-refractivity contribution in [2.75, 3.05) is 7.05 Å². The molecule has 1 saturated heterocycles. The van der Waals surface area contributed by atoms with E-state index in [4.69, 9.17) is 4.74 Å². The Morgan fingerprint density at radius 1 is 1.19 bits per heavy atom. The van der Waals surface area contributed by atoms with E-state index in [1.165, 1.54) is 7.05 Å². The van der Waals surface area contributed by atoms with Gasteiger partial charge in [-0.2, -0.15) is 0 Å². The number of hydrogen-bond acceptors (Lipinski definition) is 5. The van der Waals surface area contributed by atoms with Gasteiger partial charge in [-0.3, -0.25) is 14.9 Å². The molecular weight excluding hydrogens is 364 g/mol. The summed E-state index contributed by atoms with van der Waals surface area (Å²) in [5.74, 6) is -0.226. The Bertz CT molecular complexity index is 897. The molecule has 1 heterocycles. The normalized spacial score (nSPS) is 16.1. The predicted molar refractivity (Wildman–Crippen MR) is 104 cm³/mol. The van der Waals surface area contributed by atoms with Crippen LogP contribution < -0.4 is 10.6 Å². The van der Waals surface area contributed by atoms with E-state index < -0.39 is 6.09 Å². The fraction of sp³-hybridized carbons (Fsp3) is 0.250. The van der Waals surface area contributed by atoms with Crippen molar-refractivity contribution in [3.8, 4) is 11.1 Å². The quantitative estimate of drug-likeness (QED) is 0.825. The first-order chi connectivity index (χ1) is 13.0. The van der Waals surface area contributed by atoms with Crippen LogP contribution in [0.2, 0.25) is 0 Å². The smallest absolute Gasteiger partial charge is 0.407 e. The first-order valence-corrected chi connectivity index (χ1v) is 9.39. The topological polar surface area (TPSA) is 84.5 Å². The number of benzene rings is 2. The minimum Gasteiger partial charge on any atom is -0.445 e. The highest BCUT2D eigenvalue weighted by Gasteiger charge is 2.31. The van der Waals surface area contributed by atoms with Crippen LogP contribution in [-0.2, 0) is 22.6 Å². The Kier molecular flexibility index (Phi) is 5.81. The van der Waals surface area contributed by atoms with Crippen molar-refractivity contribution in [2.24, 2.45) is 0 Å². The molecule has 0 spiro atoms. The standard InChI is InChI=1S/C20H20N2O4S/c1-12-8-13(10-17-18(23)22-20(25)27-17)6-7-16(12)15-5-3-4-14(9-15)11-26-19(24)21-2/h3-9,17H,10-11H2,1-2H3,(H,21,24)(H,22,23,25). The largest absolute Gasteiger partial charge is 0.445 e. The highest BCUT2D eigenvalue weighted by Crippen LogP contribution is 2.28.